The second kappa shape index (κ2) is 3.67. The zero-order valence-corrected chi connectivity index (χ0v) is 8.24. The number of nitrogens with two attached hydrogens (primary N) is 2. The summed E-state index contributed by atoms with van der Waals surface area (Å²) in [4.78, 5) is 8.39. The second-order valence-corrected chi connectivity index (χ2v) is 3.80. The summed E-state index contributed by atoms with van der Waals surface area (Å²) in [5.41, 5.74) is 6.26. The standard InChI is InChI=1S/C8H9N5S/c9-7(10)14-5-6-4-13-3-1-2-11-8(13)12-6/h1-4H,5H2,(H3,9,10)/p+1. The van der Waals surface area contributed by atoms with Gasteiger partial charge in [0.2, 0.25) is 5.78 Å². The second-order valence-electron chi connectivity index (χ2n) is 2.75. The normalized spacial score (nSPS) is 10.6. The first-order chi connectivity index (χ1) is 6.75. The number of nitrogens with zero attached hydrogens (tertiary/aromatic N) is 3. The highest BCUT2D eigenvalue weighted by Crippen LogP contribution is 2.09. The number of aromatic nitrogens is 3. The molecule has 0 amide bonds. The molecule has 0 radical (unpaired) electrons. The minimum Gasteiger partial charge on any atom is -0.291 e. The minimum absolute atomic E-state index is 0.356. The number of imidazole rings is 1. The van der Waals surface area contributed by atoms with Gasteiger partial charge in [-0.1, -0.05) is 0 Å². The largest absolute Gasteiger partial charge is 0.300 e. The third kappa shape index (κ3) is 1.85. The van der Waals surface area contributed by atoms with E-state index in [0.29, 0.717) is 16.7 Å². The van der Waals surface area contributed by atoms with E-state index >= 15 is 0 Å². The van der Waals surface area contributed by atoms with Gasteiger partial charge in [0.05, 0.1) is 5.69 Å². The average Bonchev–Trinajstić information content (AvgIpc) is 2.57. The Hall–Kier alpha value is -1.56. The van der Waals surface area contributed by atoms with Crippen LogP contribution >= 0.6 is 11.8 Å². The van der Waals surface area contributed by atoms with Crippen molar-refractivity contribution in [1.29, 1.82) is 0 Å². The zero-order valence-electron chi connectivity index (χ0n) is 7.42. The molecule has 0 aromatic carbocycles. The predicted octanol–water partition coefficient (Wildman–Crippen LogP) is -0.964. The van der Waals surface area contributed by atoms with Crippen molar-refractivity contribution in [3.63, 3.8) is 0 Å². The van der Waals surface area contributed by atoms with Crippen LogP contribution in [-0.4, -0.2) is 19.5 Å². The van der Waals surface area contributed by atoms with Crippen LogP contribution in [-0.2, 0) is 5.75 Å². The first-order valence-corrected chi connectivity index (χ1v) is 5.03. The number of rotatable bonds is 2. The summed E-state index contributed by atoms with van der Waals surface area (Å²) >= 11 is 1.37. The molecule has 0 saturated carbocycles. The van der Waals surface area contributed by atoms with Gasteiger partial charge in [-0.15, -0.1) is 0 Å². The summed E-state index contributed by atoms with van der Waals surface area (Å²) in [5.74, 6) is 1.37. The molecule has 2 aromatic heterocycles. The Kier molecular flexibility index (Phi) is 2.36. The van der Waals surface area contributed by atoms with E-state index in [0.717, 1.165) is 5.69 Å². The van der Waals surface area contributed by atoms with Crippen molar-refractivity contribution in [2.24, 2.45) is 5.73 Å². The van der Waals surface area contributed by atoms with Gasteiger partial charge in [0.1, 0.15) is 0 Å². The SMILES string of the molecule is NC(=[NH2+])SCc1cn2cccnc2n1. The summed E-state index contributed by atoms with van der Waals surface area (Å²) in [7, 11) is 0. The maximum atomic E-state index is 5.34. The molecular weight excluding hydrogens is 198 g/mol. The molecule has 2 heterocycles. The fourth-order valence-corrected chi connectivity index (χ4v) is 1.56. The molecule has 0 bridgehead atoms. The fourth-order valence-electron chi connectivity index (χ4n) is 1.11. The van der Waals surface area contributed by atoms with Gasteiger partial charge in [-0.25, -0.2) is 9.97 Å². The summed E-state index contributed by atoms with van der Waals surface area (Å²) in [6.07, 6.45) is 5.53. The lowest BCUT2D eigenvalue weighted by Crippen LogP contribution is -2.43. The maximum absolute atomic E-state index is 5.34. The van der Waals surface area contributed by atoms with E-state index in [1.165, 1.54) is 11.8 Å². The summed E-state index contributed by atoms with van der Waals surface area (Å²) in [6.45, 7) is 0. The molecule has 6 heteroatoms. The van der Waals surface area contributed by atoms with Crippen molar-refractivity contribution >= 4 is 22.7 Å². The monoisotopic (exact) mass is 208 g/mol. The summed E-state index contributed by atoms with van der Waals surface area (Å²) in [6, 6.07) is 1.86. The van der Waals surface area contributed by atoms with Crippen LogP contribution in [0.15, 0.2) is 24.7 Å². The van der Waals surface area contributed by atoms with Crippen molar-refractivity contribution in [2.75, 3.05) is 0 Å². The summed E-state index contributed by atoms with van der Waals surface area (Å²) in [5, 5.41) is 5.70. The quantitative estimate of drug-likeness (QED) is 0.492. The average molecular weight is 208 g/mol. The Morgan fingerprint density at radius 3 is 3.21 bits per heavy atom. The Morgan fingerprint density at radius 1 is 1.64 bits per heavy atom. The smallest absolute Gasteiger partial charge is 0.291 e. The number of hydrogen-bond acceptors (Lipinski definition) is 3. The Bertz CT molecular complexity index is 430. The molecule has 0 aliphatic carbocycles. The van der Waals surface area contributed by atoms with Crippen LogP contribution in [0.5, 0.6) is 0 Å². The molecule has 0 unspecified atom stereocenters. The van der Waals surface area contributed by atoms with Crippen molar-refractivity contribution in [1.82, 2.24) is 14.4 Å². The van der Waals surface area contributed by atoms with E-state index in [4.69, 9.17) is 11.1 Å². The van der Waals surface area contributed by atoms with Crippen molar-refractivity contribution < 1.29 is 5.41 Å². The molecule has 2 rings (SSSR count). The molecule has 0 atom stereocenters. The van der Waals surface area contributed by atoms with E-state index in [9.17, 15) is 0 Å². The van der Waals surface area contributed by atoms with Crippen LogP contribution in [0.1, 0.15) is 5.69 Å². The molecular formula is C8H10N5S+. The highest BCUT2D eigenvalue weighted by molar-refractivity contribution is 8.12. The molecule has 5 nitrogen and oxygen atoms in total. The van der Waals surface area contributed by atoms with Crippen molar-refractivity contribution in [2.45, 2.75) is 5.75 Å². The molecule has 0 saturated heterocycles. The molecule has 14 heavy (non-hydrogen) atoms. The molecule has 2 aromatic rings. The number of amidine groups is 1. The van der Waals surface area contributed by atoms with E-state index in [1.807, 2.05) is 22.9 Å². The van der Waals surface area contributed by atoms with Crippen LogP contribution in [0.2, 0.25) is 0 Å². The topological polar surface area (TPSA) is 81.8 Å². The predicted molar refractivity (Wildman–Crippen MR) is 55.4 cm³/mol. The number of thioether (sulfide) groups is 1. The van der Waals surface area contributed by atoms with Gasteiger partial charge in [0.25, 0.3) is 5.17 Å². The van der Waals surface area contributed by atoms with E-state index in [1.54, 1.807) is 6.20 Å². The van der Waals surface area contributed by atoms with Crippen LogP contribution in [0, 0.1) is 0 Å². The fraction of sp³-hybridized carbons (Fsp3) is 0.125. The van der Waals surface area contributed by atoms with Gasteiger partial charge in [-0.05, 0) is 17.8 Å². The van der Waals surface area contributed by atoms with Gasteiger partial charge in [0, 0.05) is 24.3 Å². The van der Waals surface area contributed by atoms with Crippen LogP contribution in [0.3, 0.4) is 0 Å². The lowest BCUT2D eigenvalue weighted by molar-refractivity contribution is -0.110. The third-order valence-electron chi connectivity index (χ3n) is 1.67. The first-order valence-electron chi connectivity index (χ1n) is 4.05. The molecule has 72 valence electrons. The molecule has 0 spiro atoms. The Balaban J connectivity index is 2.22. The van der Waals surface area contributed by atoms with E-state index in [-0.39, 0.29) is 0 Å². The first kappa shape index (κ1) is 9.01. The van der Waals surface area contributed by atoms with Crippen LogP contribution < -0.4 is 11.1 Å². The van der Waals surface area contributed by atoms with Gasteiger partial charge in [0.15, 0.2) is 0 Å². The maximum Gasteiger partial charge on any atom is 0.300 e. The number of fused-ring (bicyclic) bond motifs is 1. The molecule has 0 fully saturated rings. The zero-order chi connectivity index (χ0) is 9.97. The van der Waals surface area contributed by atoms with Crippen LogP contribution in [0.4, 0.5) is 0 Å². The highest BCUT2D eigenvalue weighted by atomic mass is 32.2. The highest BCUT2D eigenvalue weighted by Gasteiger charge is 2.04. The lowest BCUT2D eigenvalue weighted by atomic mass is 10.6. The van der Waals surface area contributed by atoms with E-state index in [2.05, 4.69) is 9.97 Å². The number of hydrogen-bond donors (Lipinski definition) is 2. The lowest BCUT2D eigenvalue weighted by Gasteiger charge is -1.88. The van der Waals surface area contributed by atoms with Crippen LogP contribution in [0.25, 0.3) is 5.78 Å². The molecule has 0 aliphatic rings. The van der Waals surface area contributed by atoms with Crippen molar-refractivity contribution in [3.8, 4) is 0 Å². The third-order valence-corrected chi connectivity index (χ3v) is 2.45. The molecule has 4 N–H and O–H groups in total. The summed E-state index contributed by atoms with van der Waals surface area (Å²) < 4.78 is 1.86. The minimum atomic E-state index is 0.356. The Morgan fingerprint density at radius 2 is 2.50 bits per heavy atom. The molecule has 0 aliphatic heterocycles. The van der Waals surface area contributed by atoms with Gasteiger partial charge in [-0.2, -0.15) is 0 Å². The van der Waals surface area contributed by atoms with Gasteiger partial charge >= 0.3 is 0 Å². The van der Waals surface area contributed by atoms with Gasteiger partial charge < -0.3 is 0 Å². The van der Waals surface area contributed by atoms with E-state index < -0.39 is 0 Å². The van der Waals surface area contributed by atoms with Gasteiger partial charge in [-0.3, -0.25) is 15.5 Å². The Labute approximate surface area is 84.9 Å². The van der Waals surface area contributed by atoms with Crippen molar-refractivity contribution in [3.05, 3.63) is 30.4 Å².